The van der Waals surface area contributed by atoms with Crippen molar-refractivity contribution in [2.75, 3.05) is 16.0 Å². The van der Waals surface area contributed by atoms with E-state index < -0.39 is 21.7 Å². The standard InChI is InChI=1S/C27H28ClFN8O3S/c28-16-2-1-3-20(12-16)41(39,40)36-19-8-6-18(7-9-19)33-25-13-23(32-17-4-5-17)26-31-15-24(37(26)35-25)27(38)34-22-10-11-30-14-21(22)29/h1-3,10-15,17-19,32,36H,4-9H2,(H,33,35)(H,30,34,38). The number of sulfonamides is 1. The van der Waals surface area contributed by atoms with E-state index in [1.165, 1.54) is 35.1 Å². The van der Waals surface area contributed by atoms with E-state index in [1.807, 2.05) is 6.07 Å². The average molecular weight is 599 g/mol. The van der Waals surface area contributed by atoms with Crippen LogP contribution in [0.1, 0.15) is 49.0 Å². The van der Waals surface area contributed by atoms with E-state index in [0.29, 0.717) is 48.2 Å². The highest BCUT2D eigenvalue weighted by atomic mass is 35.5. The molecule has 0 aliphatic heterocycles. The molecule has 0 unspecified atom stereocenters. The van der Waals surface area contributed by atoms with Crippen LogP contribution in [0, 0.1) is 5.82 Å². The number of hydrogen-bond acceptors (Lipinski definition) is 8. The highest BCUT2D eigenvalue weighted by molar-refractivity contribution is 7.89. The molecule has 0 atom stereocenters. The number of imidazole rings is 1. The first-order valence-electron chi connectivity index (χ1n) is 13.4. The minimum absolute atomic E-state index is 0.00769. The van der Waals surface area contributed by atoms with Gasteiger partial charge in [0.2, 0.25) is 10.0 Å². The van der Waals surface area contributed by atoms with E-state index in [-0.39, 0.29) is 28.4 Å². The number of benzene rings is 1. The second-order valence-corrected chi connectivity index (χ2v) is 12.5. The molecular formula is C27H28ClFN8O3S. The molecule has 214 valence electrons. The lowest BCUT2D eigenvalue weighted by Gasteiger charge is -2.30. The minimum Gasteiger partial charge on any atom is -0.379 e. The lowest BCUT2D eigenvalue weighted by Crippen LogP contribution is -2.40. The van der Waals surface area contributed by atoms with Crippen molar-refractivity contribution >= 4 is 50.4 Å². The molecule has 4 aromatic rings. The minimum atomic E-state index is -3.68. The number of rotatable bonds is 9. The van der Waals surface area contributed by atoms with E-state index >= 15 is 0 Å². The molecule has 2 fully saturated rings. The van der Waals surface area contributed by atoms with Crippen LogP contribution in [0.15, 0.2) is 59.9 Å². The van der Waals surface area contributed by atoms with Gasteiger partial charge in [0, 0.05) is 35.4 Å². The molecule has 2 saturated carbocycles. The molecule has 1 amide bonds. The molecule has 3 heterocycles. The number of carbonyl (C=O) groups excluding carboxylic acids is 1. The summed E-state index contributed by atoms with van der Waals surface area (Å²) in [6, 6.07) is 9.64. The van der Waals surface area contributed by atoms with Crippen molar-refractivity contribution in [2.24, 2.45) is 0 Å². The maximum absolute atomic E-state index is 14.1. The molecule has 41 heavy (non-hydrogen) atoms. The van der Waals surface area contributed by atoms with Crippen LogP contribution in [0.2, 0.25) is 5.02 Å². The van der Waals surface area contributed by atoms with Crippen molar-refractivity contribution in [1.29, 1.82) is 0 Å². The maximum atomic E-state index is 14.1. The van der Waals surface area contributed by atoms with Gasteiger partial charge in [-0.3, -0.25) is 9.78 Å². The Morgan fingerprint density at radius 2 is 1.68 bits per heavy atom. The number of carbonyl (C=O) groups is 1. The molecule has 0 saturated heterocycles. The summed E-state index contributed by atoms with van der Waals surface area (Å²) in [4.78, 5) is 21.3. The van der Waals surface area contributed by atoms with Gasteiger partial charge < -0.3 is 16.0 Å². The molecule has 3 aromatic heterocycles. The number of nitrogens with zero attached hydrogens (tertiary/aromatic N) is 4. The zero-order chi connectivity index (χ0) is 28.6. The van der Waals surface area contributed by atoms with E-state index in [4.69, 9.17) is 11.6 Å². The van der Waals surface area contributed by atoms with E-state index in [2.05, 4.69) is 35.7 Å². The van der Waals surface area contributed by atoms with Gasteiger partial charge in [0.25, 0.3) is 5.91 Å². The molecule has 0 radical (unpaired) electrons. The lowest BCUT2D eigenvalue weighted by molar-refractivity contribution is 0.102. The van der Waals surface area contributed by atoms with Gasteiger partial charge in [-0.2, -0.15) is 0 Å². The van der Waals surface area contributed by atoms with Crippen molar-refractivity contribution in [3.05, 3.63) is 71.5 Å². The van der Waals surface area contributed by atoms with Gasteiger partial charge in [0.1, 0.15) is 5.82 Å². The number of halogens is 2. The number of nitrogens with one attached hydrogen (secondary N) is 4. The van der Waals surface area contributed by atoms with Crippen molar-refractivity contribution in [1.82, 2.24) is 24.3 Å². The largest absolute Gasteiger partial charge is 0.379 e. The maximum Gasteiger partial charge on any atom is 0.276 e. The van der Waals surface area contributed by atoms with Crippen LogP contribution in [0.4, 0.5) is 21.6 Å². The first-order valence-corrected chi connectivity index (χ1v) is 15.2. The Balaban J connectivity index is 1.17. The fraction of sp³-hybridized carbons (Fsp3) is 0.333. The van der Waals surface area contributed by atoms with Gasteiger partial charge in [-0.25, -0.2) is 27.0 Å². The third-order valence-electron chi connectivity index (χ3n) is 7.17. The Bertz CT molecular complexity index is 1700. The first-order chi connectivity index (χ1) is 19.7. The normalized spacial score (nSPS) is 19.2. The molecule has 0 spiro atoms. The number of pyridine rings is 1. The summed E-state index contributed by atoms with van der Waals surface area (Å²) in [6.07, 6.45) is 8.63. The molecule has 14 heteroatoms. The average Bonchev–Trinajstić information content (AvgIpc) is 3.66. The van der Waals surface area contributed by atoms with Gasteiger partial charge in [-0.1, -0.05) is 17.7 Å². The first kappa shape index (κ1) is 27.4. The Kier molecular flexibility index (Phi) is 7.49. The Hall–Kier alpha value is -3.81. The zero-order valence-electron chi connectivity index (χ0n) is 21.8. The summed E-state index contributed by atoms with van der Waals surface area (Å²) in [5.74, 6) is -0.658. The topological polar surface area (TPSA) is 142 Å². The predicted octanol–water partition coefficient (Wildman–Crippen LogP) is 4.45. The number of amides is 1. The van der Waals surface area contributed by atoms with Crippen LogP contribution in [0.3, 0.4) is 0 Å². The molecular weight excluding hydrogens is 571 g/mol. The zero-order valence-corrected chi connectivity index (χ0v) is 23.4. The van der Waals surface area contributed by atoms with Crippen molar-refractivity contribution in [2.45, 2.75) is 61.5 Å². The molecule has 11 nitrogen and oxygen atoms in total. The number of hydrogen-bond donors (Lipinski definition) is 4. The molecule has 2 aliphatic carbocycles. The van der Waals surface area contributed by atoms with Crippen LogP contribution in [0.25, 0.3) is 5.65 Å². The highest BCUT2D eigenvalue weighted by Gasteiger charge is 2.28. The molecule has 0 bridgehead atoms. The smallest absolute Gasteiger partial charge is 0.276 e. The van der Waals surface area contributed by atoms with Crippen molar-refractivity contribution in [3.8, 4) is 0 Å². The third-order valence-corrected chi connectivity index (χ3v) is 8.92. The van der Waals surface area contributed by atoms with Crippen LogP contribution in [-0.4, -0.2) is 52.0 Å². The second-order valence-electron chi connectivity index (χ2n) is 10.3. The molecule has 2 aliphatic rings. The van der Waals surface area contributed by atoms with E-state index in [1.54, 1.807) is 12.1 Å². The number of anilines is 3. The number of aromatic nitrogens is 4. The molecule has 6 rings (SSSR count). The van der Waals surface area contributed by atoms with E-state index in [9.17, 15) is 17.6 Å². The predicted molar refractivity (Wildman–Crippen MR) is 153 cm³/mol. The Morgan fingerprint density at radius 3 is 2.41 bits per heavy atom. The second kappa shape index (κ2) is 11.2. The van der Waals surface area contributed by atoms with E-state index in [0.717, 1.165) is 24.7 Å². The molecule has 1 aromatic carbocycles. The quantitative estimate of drug-likeness (QED) is 0.221. The van der Waals surface area contributed by atoms with Gasteiger partial charge in [0.15, 0.2) is 17.2 Å². The highest BCUT2D eigenvalue weighted by Crippen LogP contribution is 2.30. The summed E-state index contributed by atoms with van der Waals surface area (Å²) in [6.45, 7) is 0. The lowest BCUT2D eigenvalue weighted by atomic mass is 9.92. The Morgan fingerprint density at radius 1 is 0.951 bits per heavy atom. The summed E-state index contributed by atoms with van der Waals surface area (Å²) in [5, 5.41) is 14.5. The number of fused-ring (bicyclic) bond motifs is 1. The van der Waals surface area contributed by atoms with Gasteiger partial charge >= 0.3 is 0 Å². The van der Waals surface area contributed by atoms with Crippen molar-refractivity contribution < 1.29 is 17.6 Å². The van der Waals surface area contributed by atoms with Gasteiger partial charge in [0.05, 0.1) is 28.7 Å². The Labute approximate surface area is 241 Å². The monoisotopic (exact) mass is 598 g/mol. The van der Waals surface area contributed by atoms with Crippen LogP contribution in [-0.2, 0) is 10.0 Å². The fourth-order valence-electron chi connectivity index (χ4n) is 4.90. The summed E-state index contributed by atoms with van der Waals surface area (Å²) in [7, 11) is -3.68. The summed E-state index contributed by atoms with van der Waals surface area (Å²) in [5.41, 5.74) is 1.38. The third kappa shape index (κ3) is 6.26. The van der Waals surface area contributed by atoms with Gasteiger partial charge in [-0.05, 0) is 62.8 Å². The SMILES string of the molecule is O=C(Nc1ccncc1F)c1cnc2c(NC3CC3)cc(NC3CCC(NS(=O)(=O)c4cccc(Cl)c4)CC3)nn12. The van der Waals surface area contributed by atoms with Crippen LogP contribution in [0.5, 0.6) is 0 Å². The summed E-state index contributed by atoms with van der Waals surface area (Å²) >= 11 is 5.97. The van der Waals surface area contributed by atoms with Crippen molar-refractivity contribution in [3.63, 3.8) is 0 Å². The fourth-order valence-corrected chi connectivity index (χ4v) is 6.50. The van der Waals surface area contributed by atoms with Crippen LogP contribution < -0.4 is 20.7 Å². The molecule has 4 N–H and O–H groups in total. The van der Waals surface area contributed by atoms with Gasteiger partial charge in [-0.15, -0.1) is 5.10 Å². The van der Waals surface area contributed by atoms with Crippen LogP contribution >= 0.6 is 11.6 Å². The summed E-state index contributed by atoms with van der Waals surface area (Å²) < 4.78 is 44.0.